The van der Waals surface area contributed by atoms with E-state index >= 15 is 0 Å². The summed E-state index contributed by atoms with van der Waals surface area (Å²) in [7, 11) is 0. The summed E-state index contributed by atoms with van der Waals surface area (Å²) < 4.78 is 14.3. The van der Waals surface area contributed by atoms with Gasteiger partial charge in [0.05, 0.1) is 0 Å². The number of rotatable bonds is 6. The van der Waals surface area contributed by atoms with Crippen molar-refractivity contribution in [1.29, 1.82) is 0 Å². The summed E-state index contributed by atoms with van der Waals surface area (Å²) in [4.78, 5) is 0. The molecule has 1 aliphatic rings. The Kier molecular flexibility index (Phi) is 6.29. The Morgan fingerprint density at radius 3 is 2.08 bits per heavy atom. The lowest BCUT2D eigenvalue weighted by Crippen LogP contribution is -2.14. The van der Waals surface area contributed by atoms with Crippen LogP contribution in [0.2, 0.25) is 0 Å². The van der Waals surface area contributed by atoms with Gasteiger partial charge >= 0.3 is 0 Å². The van der Waals surface area contributed by atoms with Crippen molar-refractivity contribution in [3.8, 4) is 11.1 Å². The molecule has 0 spiro atoms. The van der Waals surface area contributed by atoms with E-state index in [0.29, 0.717) is 5.56 Å². The standard InChI is InChI=1S/C24H31F/c1-3-18-5-7-20(8-6-18)9-10-21-11-14-22(15-12-21)23-16-13-19(4-2)17-24(23)25/h11-18,20H,3-10H2,1-2H3. The first-order valence-electron chi connectivity index (χ1n) is 10.1. The van der Waals surface area contributed by atoms with Crippen LogP contribution in [0.3, 0.4) is 0 Å². The number of benzene rings is 2. The topological polar surface area (TPSA) is 0 Å². The summed E-state index contributed by atoms with van der Waals surface area (Å²) in [5.74, 6) is 1.77. The van der Waals surface area contributed by atoms with Gasteiger partial charge in [-0.25, -0.2) is 4.39 Å². The van der Waals surface area contributed by atoms with Crippen LogP contribution in [-0.4, -0.2) is 0 Å². The molecule has 0 heterocycles. The first-order chi connectivity index (χ1) is 12.2. The summed E-state index contributed by atoms with van der Waals surface area (Å²) in [6.07, 6.45) is 10.3. The van der Waals surface area contributed by atoms with Crippen LogP contribution in [-0.2, 0) is 12.8 Å². The molecule has 0 nitrogen and oxygen atoms in total. The lowest BCUT2D eigenvalue weighted by atomic mass is 9.78. The van der Waals surface area contributed by atoms with Crippen LogP contribution in [0.5, 0.6) is 0 Å². The first-order valence-corrected chi connectivity index (χ1v) is 10.1. The molecule has 0 radical (unpaired) electrons. The van der Waals surface area contributed by atoms with Gasteiger partial charge in [0.15, 0.2) is 0 Å². The number of hydrogen-bond donors (Lipinski definition) is 0. The van der Waals surface area contributed by atoms with Gasteiger partial charge in [0.25, 0.3) is 0 Å². The highest BCUT2D eigenvalue weighted by Crippen LogP contribution is 2.33. The molecule has 1 heteroatoms. The zero-order chi connectivity index (χ0) is 17.6. The van der Waals surface area contributed by atoms with Crippen LogP contribution in [0, 0.1) is 17.7 Å². The van der Waals surface area contributed by atoms with Crippen molar-refractivity contribution in [2.45, 2.75) is 65.2 Å². The van der Waals surface area contributed by atoms with Gasteiger partial charge in [-0.1, -0.05) is 82.3 Å². The van der Waals surface area contributed by atoms with Crippen molar-refractivity contribution in [2.24, 2.45) is 11.8 Å². The van der Waals surface area contributed by atoms with Crippen LogP contribution >= 0.6 is 0 Å². The van der Waals surface area contributed by atoms with Gasteiger partial charge in [-0.2, -0.15) is 0 Å². The second kappa shape index (κ2) is 8.65. The molecule has 2 aromatic carbocycles. The van der Waals surface area contributed by atoms with Crippen molar-refractivity contribution in [1.82, 2.24) is 0 Å². The predicted octanol–water partition coefficient (Wildman–Crippen LogP) is 7.20. The van der Waals surface area contributed by atoms with Gasteiger partial charge in [0.1, 0.15) is 5.82 Å². The Morgan fingerprint density at radius 2 is 1.48 bits per heavy atom. The summed E-state index contributed by atoms with van der Waals surface area (Å²) in [5, 5.41) is 0. The smallest absolute Gasteiger partial charge is 0.131 e. The maximum atomic E-state index is 14.3. The molecule has 134 valence electrons. The molecule has 0 atom stereocenters. The average molecular weight is 339 g/mol. The molecule has 1 fully saturated rings. The molecule has 2 aromatic rings. The van der Waals surface area contributed by atoms with Gasteiger partial charge in [0.2, 0.25) is 0 Å². The van der Waals surface area contributed by atoms with Crippen LogP contribution in [0.25, 0.3) is 11.1 Å². The van der Waals surface area contributed by atoms with E-state index in [0.717, 1.165) is 35.8 Å². The molecule has 25 heavy (non-hydrogen) atoms. The molecule has 0 amide bonds. The fraction of sp³-hybridized carbons (Fsp3) is 0.500. The fourth-order valence-corrected chi connectivity index (χ4v) is 4.16. The van der Waals surface area contributed by atoms with Crippen LogP contribution in [0.15, 0.2) is 42.5 Å². The Morgan fingerprint density at radius 1 is 0.840 bits per heavy atom. The molecule has 0 aromatic heterocycles. The van der Waals surface area contributed by atoms with Gasteiger partial charge in [-0.3, -0.25) is 0 Å². The van der Waals surface area contributed by atoms with Crippen LogP contribution in [0.1, 0.15) is 63.5 Å². The Bertz CT molecular complexity index is 663. The van der Waals surface area contributed by atoms with Crippen molar-refractivity contribution in [3.63, 3.8) is 0 Å². The monoisotopic (exact) mass is 338 g/mol. The number of halogens is 1. The molecule has 0 N–H and O–H groups in total. The molecule has 1 saturated carbocycles. The molecular formula is C24H31F. The van der Waals surface area contributed by atoms with E-state index in [1.165, 1.54) is 44.1 Å². The third-order valence-electron chi connectivity index (χ3n) is 6.09. The molecule has 0 unspecified atom stereocenters. The van der Waals surface area contributed by atoms with E-state index in [1.54, 1.807) is 6.07 Å². The average Bonchev–Trinajstić information content (AvgIpc) is 2.67. The number of aryl methyl sites for hydroxylation is 2. The third kappa shape index (κ3) is 4.71. The molecule has 0 saturated heterocycles. The van der Waals surface area contributed by atoms with E-state index in [2.05, 4.69) is 38.1 Å². The zero-order valence-corrected chi connectivity index (χ0v) is 15.7. The quantitative estimate of drug-likeness (QED) is 0.522. The molecular weight excluding hydrogens is 307 g/mol. The largest absolute Gasteiger partial charge is 0.206 e. The summed E-state index contributed by atoms with van der Waals surface area (Å²) in [6, 6.07) is 14.1. The Balaban J connectivity index is 1.57. The third-order valence-corrected chi connectivity index (χ3v) is 6.09. The highest BCUT2D eigenvalue weighted by Gasteiger charge is 2.19. The molecule has 1 aliphatic carbocycles. The normalized spacial score (nSPS) is 20.6. The van der Waals surface area contributed by atoms with E-state index in [4.69, 9.17) is 0 Å². The maximum absolute atomic E-state index is 14.3. The number of hydrogen-bond acceptors (Lipinski definition) is 0. The summed E-state index contributed by atoms with van der Waals surface area (Å²) >= 11 is 0. The summed E-state index contributed by atoms with van der Waals surface area (Å²) in [5.41, 5.74) is 4.12. The highest BCUT2D eigenvalue weighted by molar-refractivity contribution is 5.64. The van der Waals surface area contributed by atoms with Gasteiger partial charge in [-0.05, 0) is 53.9 Å². The van der Waals surface area contributed by atoms with E-state index in [-0.39, 0.29) is 5.82 Å². The lowest BCUT2D eigenvalue weighted by molar-refractivity contribution is 0.259. The van der Waals surface area contributed by atoms with E-state index in [9.17, 15) is 4.39 Å². The fourth-order valence-electron chi connectivity index (χ4n) is 4.16. The first kappa shape index (κ1) is 18.2. The van der Waals surface area contributed by atoms with Crippen LogP contribution < -0.4 is 0 Å². The predicted molar refractivity (Wildman–Crippen MR) is 105 cm³/mol. The Labute approximate surface area is 152 Å². The van der Waals surface area contributed by atoms with Crippen molar-refractivity contribution < 1.29 is 4.39 Å². The lowest BCUT2D eigenvalue weighted by Gasteiger charge is -2.27. The highest BCUT2D eigenvalue weighted by atomic mass is 19.1. The minimum atomic E-state index is -0.111. The molecule has 0 aliphatic heterocycles. The van der Waals surface area contributed by atoms with Crippen molar-refractivity contribution >= 4 is 0 Å². The molecule has 3 rings (SSSR count). The van der Waals surface area contributed by atoms with Gasteiger partial charge in [-0.15, -0.1) is 0 Å². The minimum absolute atomic E-state index is 0.111. The maximum Gasteiger partial charge on any atom is 0.131 e. The van der Waals surface area contributed by atoms with Gasteiger partial charge in [0, 0.05) is 5.56 Å². The van der Waals surface area contributed by atoms with Gasteiger partial charge < -0.3 is 0 Å². The van der Waals surface area contributed by atoms with Crippen molar-refractivity contribution in [2.75, 3.05) is 0 Å². The van der Waals surface area contributed by atoms with E-state index in [1.807, 2.05) is 12.1 Å². The Hall–Kier alpha value is -1.63. The van der Waals surface area contributed by atoms with E-state index < -0.39 is 0 Å². The van der Waals surface area contributed by atoms with Crippen LogP contribution in [0.4, 0.5) is 4.39 Å². The SMILES string of the molecule is CCc1ccc(-c2ccc(CCC3CCC(CC)CC3)cc2)c(F)c1. The summed E-state index contributed by atoms with van der Waals surface area (Å²) in [6.45, 7) is 4.38. The second-order valence-corrected chi connectivity index (χ2v) is 7.70. The van der Waals surface area contributed by atoms with Crippen molar-refractivity contribution in [3.05, 3.63) is 59.4 Å². The minimum Gasteiger partial charge on any atom is -0.206 e. The molecule has 0 bridgehead atoms. The zero-order valence-electron chi connectivity index (χ0n) is 15.7. The second-order valence-electron chi connectivity index (χ2n) is 7.70.